The zero-order valence-electron chi connectivity index (χ0n) is 9.60. The maximum absolute atomic E-state index is 10.4. The zero-order valence-corrected chi connectivity index (χ0v) is 10.4. The standard InChI is InChI=1S/C11H9ClN4O3/c12-9-3-8(4-15-16-6-13-14-7-16)1-2-10(9)19-5-11(17)18/h1-4,6-7H,5H2,(H,17,18)/b15-4+. The van der Waals surface area contributed by atoms with Crippen molar-refractivity contribution >= 4 is 23.8 Å². The molecule has 0 radical (unpaired) electrons. The molecule has 0 aliphatic heterocycles. The molecule has 0 saturated carbocycles. The highest BCUT2D eigenvalue weighted by atomic mass is 35.5. The molecule has 19 heavy (non-hydrogen) atoms. The van der Waals surface area contributed by atoms with E-state index in [1.807, 2.05) is 0 Å². The summed E-state index contributed by atoms with van der Waals surface area (Å²) < 4.78 is 6.44. The van der Waals surface area contributed by atoms with Crippen molar-refractivity contribution < 1.29 is 14.6 Å². The maximum atomic E-state index is 10.4. The number of rotatable bonds is 5. The molecule has 0 aliphatic rings. The first kappa shape index (κ1) is 13.0. The van der Waals surface area contributed by atoms with Crippen molar-refractivity contribution in [2.45, 2.75) is 0 Å². The molecule has 8 heteroatoms. The van der Waals surface area contributed by atoms with Crippen molar-refractivity contribution in [1.29, 1.82) is 0 Å². The number of aliphatic carboxylic acids is 1. The number of aromatic nitrogens is 3. The van der Waals surface area contributed by atoms with Gasteiger partial charge in [-0.05, 0) is 23.8 Å². The van der Waals surface area contributed by atoms with Gasteiger partial charge in [-0.2, -0.15) is 5.10 Å². The Hall–Kier alpha value is -2.41. The molecule has 7 nitrogen and oxygen atoms in total. The molecule has 0 fully saturated rings. The molecule has 0 bridgehead atoms. The highest BCUT2D eigenvalue weighted by molar-refractivity contribution is 6.32. The van der Waals surface area contributed by atoms with Gasteiger partial charge in [-0.3, -0.25) is 0 Å². The highest BCUT2D eigenvalue weighted by Crippen LogP contribution is 2.24. The number of hydrogen-bond donors (Lipinski definition) is 1. The Morgan fingerprint density at radius 1 is 1.47 bits per heavy atom. The van der Waals surface area contributed by atoms with E-state index >= 15 is 0 Å². The smallest absolute Gasteiger partial charge is 0.341 e. The molecule has 0 aliphatic carbocycles. The number of carbonyl (C=O) groups is 1. The van der Waals surface area contributed by atoms with Crippen LogP contribution in [0.3, 0.4) is 0 Å². The lowest BCUT2D eigenvalue weighted by Gasteiger charge is -2.05. The molecule has 1 N–H and O–H groups in total. The molecule has 2 aromatic rings. The Bertz CT molecular complexity index is 598. The third-order valence-corrected chi connectivity index (χ3v) is 2.35. The van der Waals surface area contributed by atoms with Crippen LogP contribution < -0.4 is 4.74 Å². The average Bonchev–Trinajstić information content (AvgIpc) is 2.88. The molecular weight excluding hydrogens is 272 g/mol. The zero-order chi connectivity index (χ0) is 13.7. The van der Waals surface area contributed by atoms with Crippen LogP contribution in [0.1, 0.15) is 5.56 Å². The SMILES string of the molecule is O=C(O)COc1ccc(/C=N/n2cnnc2)cc1Cl. The first-order valence-corrected chi connectivity index (χ1v) is 5.56. The van der Waals surface area contributed by atoms with Gasteiger partial charge >= 0.3 is 5.97 Å². The number of nitrogens with zero attached hydrogens (tertiary/aromatic N) is 4. The fourth-order valence-electron chi connectivity index (χ4n) is 1.24. The topological polar surface area (TPSA) is 89.6 Å². The number of benzene rings is 1. The van der Waals surface area contributed by atoms with Crippen LogP contribution in [-0.2, 0) is 4.79 Å². The van der Waals surface area contributed by atoms with Gasteiger partial charge in [0.25, 0.3) is 0 Å². The van der Waals surface area contributed by atoms with Crippen LogP contribution in [0.15, 0.2) is 36.0 Å². The average molecular weight is 281 g/mol. The van der Waals surface area contributed by atoms with Gasteiger partial charge in [-0.25, -0.2) is 9.47 Å². The Kier molecular flexibility index (Phi) is 4.09. The van der Waals surface area contributed by atoms with Crippen molar-refractivity contribution in [3.05, 3.63) is 41.4 Å². The number of carboxylic acid groups (broad SMARTS) is 1. The lowest BCUT2D eigenvalue weighted by molar-refractivity contribution is -0.139. The Balaban J connectivity index is 2.08. The lowest BCUT2D eigenvalue weighted by atomic mass is 10.2. The van der Waals surface area contributed by atoms with Crippen molar-refractivity contribution in [1.82, 2.24) is 14.9 Å². The van der Waals surface area contributed by atoms with Crippen molar-refractivity contribution in [2.24, 2.45) is 5.10 Å². The Morgan fingerprint density at radius 3 is 2.84 bits per heavy atom. The molecular formula is C11H9ClN4O3. The van der Waals surface area contributed by atoms with Crippen molar-refractivity contribution in [3.63, 3.8) is 0 Å². The van der Waals surface area contributed by atoms with Crippen LogP contribution in [0.2, 0.25) is 5.02 Å². The summed E-state index contributed by atoms with van der Waals surface area (Å²) in [5.41, 5.74) is 0.737. The van der Waals surface area contributed by atoms with Gasteiger partial charge in [0.1, 0.15) is 18.4 Å². The molecule has 1 aromatic heterocycles. The molecule has 0 amide bonds. The van der Waals surface area contributed by atoms with Gasteiger partial charge in [0, 0.05) is 0 Å². The van der Waals surface area contributed by atoms with Gasteiger partial charge in [0.2, 0.25) is 0 Å². The maximum Gasteiger partial charge on any atom is 0.341 e. The summed E-state index contributed by atoms with van der Waals surface area (Å²) in [6, 6.07) is 4.91. The van der Waals surface area contributed by atoms with E-state index in [0.29, 0.717) is 10.8 Å². The first-order chi connectivity index (χ1) is 9.15. The van der Waals surface area contributed by atoms with Gasteiger partial charge in [0.15, 0.2) is 6.61 Å². The molecule has 0 unspecified atom stereocenters. The lowest BCUT2D eigenvalue weighted by Crippen LogP contribution is -2.09. The normalized spacial score (nSPS) is 10.8. The third kappa shape index (κ3) is 3.78. The molecule has 1 heterocycles. The number of hydrogen-bond acceptors (Lipinski definition) is 5. The summed E-state index contributed by atoms with van der Waals surface area (Å²) in [7, 11) is 0. The quantitative estimate of drug-likeness (QED) is 0.833. The summed E-state index contributed by atoms with van der Waals surface area (Å²) in [6.45, 7) is -0.437. The van der Waals surface area contributed by atoms with Crippen LogP contribution in [0.5, 0.6) is 5.75 Å². The summed E-state index contributed by atoms with van der Waals surface area (Å²) in [5.74, 6) is -0.750. The second-order valence-electron chi connectivity index (χ2n) is 3.46. The summed E-state index contributed by atoms with van der Waals surface area (Å²) in [6.07, 6.45) is 4.46. The second-order valence-corrected chi connectivity index (χ2v) is 3.87. The first-order valence-electron chi connectivity index (χ1n) is 5.18. The van der Waals surface area contributed by atoms with Crippen LogP contribution in [0, 0.1) is 0 Å². The number of carboxylic acids is 1. The Labute approximate surface area is 113 Å². The minimum Gasteiger partial charge on any atom is -0.480 e. The Morgan fingerprint density at radius 2 is 2.21 bits per heavy atom. The summed E-state index contributed by atoms with van der Waals surface area (Å²) >= 11 is 5.96. The number of halogens is 1. The van der Waals surface area contributed by atoms with Crippen molar-refractivity contribution in [3.8, 4) is 5.75 Å². The van der Waals surface area contributed by atoms with E-state index in [1.165, 1.54) is 17.3 Å². The van der Waals surface area contributed by atoms with E-state index in [4.69, 9.17) is 21.4 Å². The fourth-order valence-corrected chi connectivity index (χ4v) is 1.49. The molecule has 0 saturated heterocycles. The van der Waals surface area contributed by atoms with E-state index in [9.17, 15) is 4.79 Å². The molecule has 1 aromatic carbocycles. The van der Waals surface area contributed by atoms with Crippen molar-refractivity contribution in [2.75, 3.05) is 6.61 Å². The minimum atomic E-state index is -1.06. The molecule has 98 valence electrons. The van der Waals surface area contributed by atoms with Gasteiger partial charge in [-0.1, -0.05) is 11.6 Å². The number of ether oxygens (including phenoxy) is 1. The fraction of sp³-hybridized carbons (Fsp3) is 0.0909. The van der Waals surface area contributed by atoms with Crippen LogP contribution in [0.25, 0.3) is 0 Å². The monoisotopic (exact) mass is 280 g/mol. The van der Waals surface area contributed by atoms with E-state index < -0.39 is 12.6 Å². The minimum absolute atomic E-state index is 0.311. The molecule has 0 atom stereocenters. The predicted molar refractivity (Wildman–Crippen MR) is 67.6 cm³/mol. The van der Waals surface area contributed by atoms with Gasteiger partial charge < -0.3 is 9.84 Å². The summed E-state index contributed by atoms with van der Waals surface area (Å²) in [5, 5.41) is 20.1. The van der Waals surface area contributed by atoms with Crippen LogP contribution in [-0.4, -0.2) is 38.8 Å². The predicted octanol–water partition coefficient (Wildman–Crippen LogP) is 1.28. The molecule has 0 spiro atoms. The van der Waals surface area contributed by atoms with Gasteiger partial charge in [0.05, 0.1) is 11.2 Å². The van der Waals surface area contributed by atoms with E-state index in [2.05, 4.69) is 15.3 Å². The van der Waals surface area contributed by atoms with E-state index in [0.717, 1.165) is 5.56 Å². The second kappa shape index (κ2) is 5.96. The van der Waals surface area contributed by atoms with Gasteiger partial charge in [-0.15, -0.1) is 10.2 Å². The van der Waals surface area contributed by atoms with Crippen LogP contribution in [0.4, 0.5) is 0 Å². The van der Waals surface area contributed by atoms with E-state index in [1.54, 1.807) is 24.4 Å². The summed E-state index contributed by atoms with van der Waals surface area (Å²) in [4.78, 5) is 10.4. The highest BCUT2D eigenvalue weighted by Gasteiger charge is 2.04. The van der Waals surface area contributed by atoms with Crippen LogP contribution >= 0.6 is 11.6 Å². The largest absolute Gasteiger partial charge is 0.480 e. The molecule has 2 rings (SSSR count). The van der Waals surface area contributed by atoms with E-state index in [-0.39, 0.29) is 0 Å². The third-order valence-electron chi connectivity index (χ3n) is 2.05.